The van der Waals surface area contributed by atoms with Gasteiger partial charge in [-0.1, -0.05) is 28.9 Å². The van der Waals surface area contributed by atoms with E-state index in [1.807, 2.05) is 66.9 Å². The Morgan fingerprint density at radius 3 is 2.56 bits per heavy atom. The molecule has 0 saturated heterocycles. The van der Waals surface area contributed by atoms with Gasteiger partial charge in [0.1, 0.15) is 29.7 Å². The van der Waals surface area contributed by atoms with Crippen LogP contribution in [0.15, 0.2) is 77.9 Å². The zero-order chi connectivity index (χ0) is 23.6. The summed E-state index contributed by atoms with van der Waals surface area (Å²) < 4.78 is 7.69. The van der Waals surface area contributed by atoms with Crippen LogP contribution in [0.2, 0.25) is 5.02 Å². The number of fused-ring (bicyclic) bond motifs is 1. The molecule has 1 aliphatic rings. The minimum absolute atomic E-state index is 0. The molecule has 0 radical (unpaired) electrons. The highest BCUT2D eigenvalue weighted by Crippen LogP contribution is 2.24. The van der Waals surface area contributed by atoms with Crippen LogP contribution in [0.1, 0.15) is 16.8 Å². The second kappa shape index (κ2) is 10.4. The van der Waals surface area contributed by atoms with E-state index in [9.17, 15) is 0 Å². The summed E-state index contributed by atoms with van der Waals surface area (Å²) >= 11 is 5.95. The largest absolute Gasteiger partial charge is 0.487 e. The lowest BCUT2D eigenvalue weighted by Gasteiger charge is -2.04. The third-order valence-corrected chi connectivity index (χ3v) is 6.04. The predicted octanol–water partition coefficient (Wildman–Crippen LogP) is 4.87. The average molecular weight is 520 g/mol. The van der Waals surface area contributed by atoms with Crippen molar-refractivity contribution in [3.05, 3.63) is 94.8 Å². The van der Waals surface area contributed by atoms with Crippen LogP contribution in [-0.4, -0.2) is 43.9 Å². The van der Waals surface area contributed by atoms with Gasteiger partial charge in [0.25, 0.3) is 0 Å². The number of halogens is 2. The maximum Gasteiger partial charge on any atom is 0.138 e. The lowest BCUT2D eigenvalue weighted by Crippen LogP contribution is -2.19. The molecular formula is C26H23Cl2N7O. The average Bonchev–Trinajstić information content (AvgIpc) is 3.65. The van der Waals surface area contributed by atoms with Crippen molar-refractivity contribution >= 4 is 40.9 Å². The number of rotatable bonds is 7. The Kier molecular flexibility index (Phi) is 6.88. The van der Waals surface area contributed by atoms with Gasteiger partial charge in [0.2, 0.25) is 0 Å². The van der Waals surface area contributed by atoms with E-state index in [1.165, 1.54) is 0 Å². The Bertz CT molecular complexity index is 1510. The van der Waals surface area contributed by atoms with E-state index in [1.54, 1.807) is 4.68 Å². The molecule has 0 atom stereocenters. The van der Waals surface area contributed by atoms with E-state index >= 15 is 0 Å². The topological polar surface area (TPSA) is 93.0 Å². The predicted molar refractivity (Wildman–Crippen MR) is 143 cm³/mol. The van der Waals surface area contributed by atoms with Gasteiger partial charge in [-0.25, -0.2) is 9.67 Å². The number of nitrogens with zero attached hydrogens (tertiary/aromatic N) is 5. The molecule has 2 N–H and O–H groups in total. The summed E-state index contributed by atoms with van der Waals surface area (Å²) in [5.41, 5.74) is 5.82. The number of imidazole rings is 1. The van der Waals surface area contributed by atoms with Crippen molar-refractivity contribution in [1.29, 1.82) is 0 Å². The minimum Gasteiger partial charge on any atom is -0.487 e. The number of aromatic nitrogens is 5. The molecule has 36 heavy (non-hydrogen) atoms. The standard InChI is InChI=1S/C26H22ClN7O.ClH/c27-20-6-1-17(2-7-20)14-34-15-21(32-33-34)16-35-22-8-3-18(4-9-22)26-30-23-10-5-19(13-24(23)31-26)25-28-11-12-29-25;/h1-10,13,15H,11-12,14,16H2,(H,28,29)(H,30,31);1H. The molecule has 3 heterocycles. The third kappa shape index (κ3) is 5.19. The van der Waals surface area contributed by atoms with Gasteiger partial charge in [-0.2, -0.15) is 0 Å². The fourth-order valence-electron chi connectivity index (χ4n) is 4.01. The Balaban J connectivity index is 0.00000267. The van der Waals surface area contributed by atoms with Crippen LogP contribution >= 0.6 is 24.0 Å². The Morgan fingerprint density at radius 1 is 0.972 bits per heavy atom. The summed E-state index contributed by atoms with van der Waals surface area (Å²) in [5, 5.41) is 12.4. The van der Waals surface area contributed by atoms with Crippen LogP contribution in [0, 0.1) is 0 Å². The highest BCUT2D eigenvalue weighted by Gasteiger charge is 2.11. The van der Waals surface area contributed by atoms with Crippen molar-refractivity contribution in [2.75, 3.05) is 13.1 Å². The zero-order valence-electron chi connectivity index (χ0n) is 19.2. The second-order valence-corrected chi connectivity index (χ2v) is 8.76. The van der Waals surface area contributed by atoms with Gasteiger partial charge < -0.3 is 15.0 Å². The van der Waals surface area contributed by atoms with Crippen LogP contribution in [0.3, 0.4) is 0 Å². The molecule has 0 amide bonds. The first-order chi connectivity index (χ1) is 17.2. The normalized spacial score (nSPS) is 12.8. The van der Waals surface area contributed by atoms with Crippen LogP contribution in [0.25, 0.3) is 22.4 Å². The fourth-order valence-corrected chi connectivity index (χ4v) is 4.14. The third-order valence-electron chi connectivity index (χ3n) is 5.79. The van der Waals surface area contributed by atoms with Crippen molar-refractivity contribution < 1.29 is 4.74 Å². The summed E-state index contributed by atoms with van der Waals surface area (Å²) in [6.07, 6.45) is 1.89. The van der Waals surface area contributed by atoms with Gasteiger partial charge in [-0.05, 0) is 60.2 Å². The molecule has 0 bridgehead atoms. The number of aliphatic imine (C=N–C) groups is 1. The SMILES string of the molecule is Cl.Clc1ccc(Cn2cc(COc3ccc(-c4nc5ccc(C6=NCCN6)cc5[nH]4)cc3)nn2)cc1. The number of hydrogen-bond acceptors (Lipinski definition) is 6. The van der Waals surface area contributed by atoms with E-state index in [0.29, 0.717) is 18.2 Å². The molecule has 182 valence electrons. The van der Waals surface area contributed by atoms with Gasteiger partial charge in [-0.3, -0.25) is 4.99 Å². The first-order valence-electron chi connectivity index (χ1n) is 11.3. The number of H-pyrrole nitrogens is 1. The van der Waals surface area contributed by atoms with Gasteiger partial charge in [0, 0.05) is 22.7 Å². The molecule has 3 aromatic carbocycles. The van der Waals surface area contributed by atoms with Crippen LogP contribution in [0.5, 0.6) is 5.75 Å². The molecule has 0 spiro atoms. The molecule has 1 aliphatic heterocycles. The zero-order valence-corrected chi connectivity index (χ0v) is 20.8. The summed E-state index contributed by atoms with van der Waals surface area (Å²) in [6, 6.07) is 21.7. The van der Waals surface area contributed by atoms with Gasteiger partial charge in [0.05, 0.1) is 30.3 Å². The number of amidine groups is 1. The molecule has 6 rings (SSSR count). The van der Waals surface area contributed by atoms with E-state index < -0.39 is 0 Å². The van der Waals surface area contributed by atoms with E-state index in [0.717, 1.165) is 63.9 Å². The monoisotopic (exact) mass is 519 g/mol. The van der Waals surface area contributed by atoms with Crippen molar-refractivity contribution in [3.63, 3.8) is 0 Å². The minimum atomic E-state index is 0. The summed E-state index contributed by atoms with van der Waals surface area (Å²) in [7, 11) is 0. The molecule has 0 saturated carbocycles. The summed E-state index contributed by atoms with van der Waals surface area (Å²) in [5.74, 6) is 2.51. The summed E-state index contributed by atoms with van der Waals surface area (Å²) in [6.45, 7) is 2.67. The van der Waals surface area contributed by atoms with E-state index in [-0.39, 0.29) is 12.4 Å². The molecule has 0 unspecified atom stereocenters. The molecule has 0 fully saturated rings. The number of aromatic amines is 1. The van der Waals surface area contributed by atoms with Gasteiger partial charge >= 0.3 is 0 Å². The number of benzene rings is 3. The Labute approximate surface area is 218 Å². The molecular weight excluding hydrogens is 497 g/mol. The molecule has 2 aromatic heterocycles. The highest BCUT2D eigenvalue weighted by atomic mass is 35.5. The van der Waals surface area contributed by atoms with E-state index in [2.05, 4.69) is 31.7 Å². The Hall–Kier alpha value is -3.88. The molecule has 8 nitrogen and oxygen atoms in total. The number of ether oxygens (including phenoxy) is 1. The first-order valence-corrected chi connectivity index (χ1v) is 11.7. The lowest BCUT2D eigenvalue weighted by atomic mass is 10.2. The lowest BCUT2D eigenvalue weighted by molar-refractivity contribution is 0.301. The second-order valence-electron chi connectivity index (χ2n) is 8.32. The van der Waals surface area contributed by atoms with Crippen molar-refractivity contribution in [2.45, 2.75) is 13.2 Å². The molecule has 10 heteroatoms. The van der Waals surface area contributed by atoms with Gasteiger partial charge in [0.15, 0.2) is 0 Å². The molecule has 5 aromatic rings. The van der Waals surface area contributed by atoms with Crippen molar-refractivity contribution in [1.82, 2.24) is 30.3 Å². The molecule has 0 aliphatic carbocycles. The maximum atomic E-state index is 5.95. The first kappa shape index (κ1) is 23.8. The van der Waals surface area contributed by atoms with Crippen LogP contribution < -0.4 is 10.1 Å². The Morgan fingerprint density at radius 2 is 1.78 bits per heavy atom. The van der Waals surface area contributed by atoms with Gasteiger partial charge in [-0.15, -0.1) is 17.5 Å². The quantitative estimate of drug-likeness (QED) is 0.319. The highest BCUT2D eigenvalue weighted by molar-refractivity contribution is 6.30. The van der Waals surface area contributed by atoms with Crippen LogP contribution in [-0.2, 0) is 13.2 Å². The van der Waals surface area contributed by atoms with Crippen LogP contribution in [0.4, 0.5) is 0 Å². The fraction of sp³-hybridized carbons (Fsp3) is 0.154. The van der Waals surface area contributed by atoms with Crippen molar-refractivity contribution in [3.8, 4) is 17.1 Å². The number of hydrogen-bond donors (Lipinski definition) is 2. The maximum absolute atomic E-state index is 5.95. The van der Waals surface area contributed by atoms with E-state index in [4.69, 9.17) is 21.3 Å². The number of nitrogens with one attached hydrogen (secondary N) is 2. The van der Waals surface area contributed by atoms with Crippen molar-refractivity contribution in [2.24, 2.45) is 4.99 Å². The summed E-state index contributed by atoms with van der Waals surface area (Å²) in [4.78, 5) is 12.6. The smallest absolute Gasteiger partial charge is 0.138 e.